The molecule has 0 saturated heterocycles. The molecule has 2 aromatic rings. The van der Waals surface area contributed by atoms with E-state index in [0.29, 0.717) is 11.3 Å². The number of carbonyl (C=O) groups is 1. The van der Waals surface area contributed by atoms with Crippen LogP contribution in [0.4, 0.5) is 22.7 Å². The fourth-order valence-corrected chi connectivity index (χ4v) is 2.27. The normalized spacial score (nSPS) is 10.3. The Hall–Kier alpha value is -2.49. The van der Waals surface area contributed by atoms with Gasteiger partial charge in [-0.25, -0.2) is 0 Å². The molecule has 0 unspecified atom stereocenters. The number of nitrogens with zero attached hydrogens (tertiary/aromatic N) is 1. The predicted octanol–water partition coefficient (Wildman–Crippen LogP) is 3.59. The first kappa shape index (κ1) is 14.9. The number of hydrogen-bond acceptors (Lipinski definition) is 4. The highest BCUT2D eigenvalue weighted by Crippen LogP contribution is 2.26. The molecule has 0 aromatic heterocycles. The van der Waals surface area contributed by atoms with Gasteiger partial charge in [-0.1, -0.05) is 6.07 Å². The van der Waals surface area contributed by atoms with E-state index in [9.17, 15) is 4.79 Å². The predicted molar refractivity (Wildman–Crippen MR) is 89.6 cm³/mol. The molecule has 0 heterocycles. The van der Waals surface area contributed by atoms with E-state index in [4.69, 9.17) is 5.73 Å². The Labute approximate surface area is 125 Å². The second-order valence-electron chi connectivity index (χ2n) is 5.38. The minimum atomic E-state index is -0.0333. The average Bonchev–Trinajstić information content (AvgIpc) is 2.42. The minimum Gasteiger partial charge on any atom is -0.398 e. The summed E-state index contributed by atoms with van der Waals surface area (Å²) in [4.78, 5) is 13.6. The lowest BCUT2D eigenvalue weighted by molar-refractivity contribution is 0.101. The van der Waals surface area contributed by atoms with E-state index in [1.807, 2.05) is 26.2 Å². The van der Waals surface area contributed by atoms with Gasteiger partial charge in [0.15, 0.2) is 5.78 Å². The fourth-order valence-electron chi connectivity index (χ4n) is 2.27. The quantitative estimate of drug-likeness (QED) is 0.665. The van der Waals surface area contributed by atoms with Crippen LogP contribution >= 0.6 is 0 Å². The molecule has 0 atom stereocenters. The summed E-state index contributed by atoms with van der Waals surface area (Å²) in [5.41, 5.74) is 11.1. The van der Waals surface area contributed by atoms with Gasteiger partial charge in [-0.15, -0.1) is 0 Å². The Morgan fingerprint density at radius 1 is 1.10 bits per heavy atom. The maximum absolute atomic E-state index is 11.5. The van der Waals surface area contributed by atoms with Crippen molar-refractivity contribution < 1.29 is 4.79 Å². The van der Waals surface area contributed by atoms with Crippen LogP contribution in [0.15, 0.2) is 36.4 Å². The van der Waals surface area contributed by atoms with Crippen molar-refractivity contribution in [1.82, 2.24) is 0 Å². The van der Waals surface area contributed by atoms with Gasteiger partial charge < -0.3 is 16.0 Å². The molecule has 4 heteroatoms. The third kappa shape index (κ3) is 3.34. The molecule has 2 aromatic carbocycles. The molecule has 3 N–H and O–H groups in total. The number of ketones is 1. The Morgan fingerprint density at radius 3 is 2.33 bits per heavy atom. The smallest absolute Gasteiger partial charge is 0.161 e. The van der Waals surface area contributed by atoms with Crippen molar-refractivity contribution in [3.05, 3.63) is 47.5 Å². The summed E-state index contributed by atoms with van der Waals surface area (Å²) in [7, 11) is 4.03. The van der Waals surface area contributed by atoms with Gasteiger partial charge in [-0.2, -0.15) is 0 Å². The molecule has 110 valence electrons. The highest BCUT2D eigenvalue weighted by molar-refractivity contribution is 6.00. The van der Waals surface area contributed by atoms with Crippen LogP contribution in [-0.4, -0.2) is 19.9 Å². The van der Waals surface area contributed by atoms with Gasteiger partial charge in [0.25, 0.3) is 0 Å². The number of hydrogen-bond donors (Lipinski definition) is 2. The lowest BCUT2D eigenvalue weighted by Crippen LogP contribution is -2.10. The highest BCUT2D eigenvalue weighted by atomic mass is 16.1. The van der Waals surface area contributed by atoms with Crippen LogP contribution in [-0.2, 0) is 0 Å². The summed E-state index contributed by atoms with van der Waals surface area (Å²) < 4.78 is 0. The molecule has 2 rings (SSSR count). The number of nitrogens with two attached hydrogens (primary N) is 1. The summed E-state index contributed by atoms with van der Waals surface area (Å²) >= 11 is 0. The SMILES string of the molecule is CC(=O)c1cc(Nc2ccc(C)c(N(C)C)c2)ccc1N. The number of Topliss-reactive ketones (excluding diaryl/α,β-unsaturated/α-hetero) is 1. The van der Waals surface area contributed by atoms with Crippen LogP contribution < -0.4 is 16.0 Å². The molecule has 0 fully saturated rings. The Morgan fingerprint density at radius 2 is 1.71 bits per heavy atom. The Bertz CT molecular complexity index is 678. The van der Waals surface area contributed by atoms with Gasteiger partial charge in [0.2, 0.25) is 0 Å². The topological polar surface area (TPSA) is 58.4 Å². The third-order valence-electron chi connectivity index (χ3n) is 3.41. The van der Waals surface area contributed by atoms with Crippen LogP contribution in [0.3, 0.4) is 0 Å². The number of nitrogen functional groups attached to an aromatic ring is 1. The second kappa shape index (κ2) is 5.87. The summed E-state index contributed by atoms with van der Waals surface area (Å²) in [6.07, 6.45) is 0. The number of rotatable bonds is 4. The average molecular weight is 283 g/mol. The van der Waals surface area contributed by atoms with E-state index >= 15 is 0 Å². The monoisotopic (exact) mass is 283 g/mol. The molecular weight excluding hydrogens is 262 g/mol. The van der Waals surface area contributed by atoms with Crippen molar-refractivity contribution in [3.8, 4) is 0 Å². The highest BCUT2D eigenvalue weighted by Gasteiger charge is 2.07. The molecule has 21 heavy (non-hydrogen) atoms. The molecule has 0 aliphatic carbocycles. The van der Waals surface area contributed by atoms with Gasteiger partial charge >= 0.3 is 0 Å². The van der Waals surface area contributed by atoms with Crippen LogP contribution in [0, 0.1) is 6.92 Å². The van der Waals surface area contributed by atoms with E-state index in [1.54, 1.807) is 12.1 Å². The van der Waals surface area contributed by atoms with Crippen molar-refractivity contribution in [1.29, 1.82) is 0 Å². The van der Waals surface area contributed by atoms with Crippen molar-refractivity contribution in [2.24, 2.45) is 0 Å². The van der Waals surface area contributed by atoms with E-state index < -0.39 is 0 Å². The van der Waals surface area contributed by atoms with E-state index in [1.165, 1.54) is 12.5 Å². The molecule has 4 nitrogen and oxygen atoms in total. The van der Waals surface area contributed by atoms with Crippen LogP contribution in [0.2, 0.25) is 0 Å². The van der Waals surface area contributed by atoms with Crippen LogP contribution in [0.5, 0.6) is 0 Å². The van der Waals surface area contributed by atoms with Crippen molar-refractivity contribution in [3.63, 3.8) is 0 Å². The van der Waals surface area contributed by atoms with E-state index in [-0.39, 0.29) is 5.78 Å². The molecule has 0 radical (unpaired) electrons. The third-order valence-corrected chi connectivity index (χ3v) is 3.41. The second-order valence-corrected chi connectivity index (χ2v) is 5.38. The van der Waals surface area contributed by atoms with Crippen molar-refractivity contribution in [2.75, 3.05) is 30.0 Å². The molecule has 0 aliphatic heterocycles. The maximum atomic E-state index is 11.5. The summed E-state index contributed by atoms with van der Waals surface area (Å²) in [6, 6.07) is 11.6. The molecule has 0 spiro atoms. The van der Waals surface area contributed by atoms with Gasteiger partial charge in [0.1, 0.15) is 0 Å². The number of nitrogens with one attached hydrogen (secondary N) is 1. The lowest BCUT2D eigenvalue weighted by atomic mass is 10.1. The standard InChI is InChI=1S/C17H21N3O/c1-11-5-6-14(10-17(11)20(3)4)19-13-7-8-16(18)15(9-13)12(2)21/h5-10,19H,18H2,1-4H3. The summed E-state index contributed by atoms with van der Waals surface area (Å²) in [5, 5.41) is 3.31. The van der Waals surface area contributed by atoms with Crippen LogP contribution in [0.1, 0.15) is 22.8 Å². The Balaban J connectivity index is 2.32. The van der Waals surface area contributed by atoms with Gasteiger partial charge in [0, 0.05) is 42.4 Å². The number of carbonyl (C=O) groups excluding carboxylic acids is 1. The minimum absolute atomic E-state index is 0.0333. The van der Waals surface area contributed by atoms with Crippen LogP contribution in [0.25, 0.3) is 0 Å². The molecule has 0 bridgehead atoms. The van der Waals surface area contributed by atoms with Gasteiger partial charge in [-0.05, 0) is 49.7 Å². The first-order valence-electron chi connectivity index (χ1n) is 6.84. The number of benzene rings is 2. The number of aryl methyl sites for hydroxylation is 1. The van der Waals surface area contributed by atoms with E-state index in [2.05, 4.69) is 29.3 Å². The first-order valence-corrected chi connectivity index (χ1v) is 6.84. The molecule has 0 amide bonds. The molecule has 0 saturated carbocycles. The van der Waals surface area contributed by atoms with Crippen molar-refractivity contribution in [2.45, 2.75) is 13.8 Å². The maximum Gasteiger partial charge on any atom is 0.161 e. The largest absolute Gasteiger partial charge is 0.398 e. The molecular formula is C17H21N3O. The summed E-state index contributed by atoms with van der Waals surface area (Å²) in [5.74, 6) is -0.0333. The summed E-state index contributed by atoms with van der Waals surface area (Å²) in [6.45, 7) is 3.60. The zero-order valence-corrected chi connectivity index (χ0v) is 12.9. The zero-order valence-electron chi connectivity index (χ0n) is 12.9. The lowest BCUT2D eigenvalue weighted by Gasteiger charge is -2.17. The van der Waals surface area contributed by atoms with Gasteiger partial charge in [-0.3, -0.25) is 4.79 Å². The van der Waals surface area contributed by atoms with Crippen molar-refractivity contribution >= 4 is 28.5 Å². The zero-order chi connectivity index (χ0) is 15.6. The van der Waals surface area contributed by atoms with E-state index in [0.717, 1.165) is 17.1 Å². The van der Waals surface area contributed by atoms with Gasteiger partial charge in [0.05, 0.1) is 0 Å². The first-order chi connectivity index (χ1) is 9.88. The Kier molecular flexibility index (Phi) is 4.17. The number of anilines is 4. The fraction of sp³-hybridized carbons (Fsp3) is 0.235. The molecule has 0 aliphatic rings.